The number of nitrogens with one attached hydrogen (secondary N) is 2. The van der Waals surface area contributed by atoms with Crippen LogP contribution in [0.25, 0.3) is 0 Å². The van der Waals surface area contributed by atoms with E-state index in [1.807, 2.05) is 0 Å². The molecule has 0 saturated heterocycles. The summed E-state index contributed by atoms with van der Waals surface area (Å²) in [6.45, 7) is 2.29. The SMILES string of the molecule is Cc1cc(Nc2c(F)cccc2F)nc(NCCc2ccc(F)cc2)n1. The van der Waals surface area contributed by atoms with Gasteiger partial charge in [-0.25, -0.2) is 18.2 Å². The van der Waals surface area contributed by atoms with Gasteiger partial charge in [-0.05, 0) is 43.2 Å². The van der Waals surface area contributed by atoms with E-state index in [1.54, 1.807) is 25.1 Å². The lowest BCUT2D eigenvalue weighted by molar-refractivity contribution is 0.590. The van der Waals surface area contributed by atoms with Crippen molar-refractivity contribution in [2.75, 3.05) is 17.2 Å². The minimum Gasteiger partial charge on any atom is -0.354 e. The molecule has 1 heterocycles. The van der Waals surface area contributed by atoms with Crippen molar-refractivity contribution in [1.29, 1.82) is 0 Å². The molecule has 1 aromatic heterocycles. The molecule has 0 bridgehead atoms. The fourth-order valence-electron chi connectivity index (χ4n) is 2.43. The van der Waals surface area contributed by atoms with Crippen molar-refractivity contribution in [2.45, 2.75) is 13.3 Å². The Bertz CT molecular complexity index is 878. The van der Waals surface area contributed by atoms with Gasteiger partial charge in [-0.15, -0.1) is 0 Å². The first-order valence-corrected chi connectivity index (χ1v) is 8.06. The largest absolute Gasteiger partial charge is 0.354 e. The van der Waals surface area contributed by atoms with Gasteiger partial charge >= 0.3 is 0 Å². The lowest BCUT2D eigenvalue weighted by Gasteiger charge is -2.11. The van der Waals surface area contributed by atoms with Gasteiger partial charge in [0.05, 0.1) is 0 Å². The summed E-state index contributed by atoms with van der Waals surface area (Å²) >= 11 is 0. The van der Waals surface area contributed by atoms with Crippen molar-refractivity contribution in [3.8, 4) is 0 Å². The van der Waals surface area contributed by atoms with Crippen LogP contribution in [-0.4, -0.2) is 16.5 Å². The molecule has 0 aliphatic carbocycles. The number of halogens is 3. The maximum Gasteiger partial charge on any atom is 0.224 e. The molecule has 0 amide bonds. The Morgan fingerprint density at radius 1 is 0.923 bits per heavy atom. The first-order valence-electron chi connectivity index (χ1n) is 8.06. The third kappa shape index (κ3) is 4.50. The molecule has 26 heavy (non-hydrogen) atoms. The van der Waals surface area contributed by atoms with Gasteiger partial charge in [0.2, 0.25) is 5.95 Å². The molecule has 0 fully saturated rings. The van der Waals surface area contributed by atoms with E-state index in [9.17, 15) is 13.2 Å². The molecule has 0 aliphatic heterocycles. The molecule has 4 nitrogen and oxygen atoms in total. The highest BCUT2D eigenvalue weighted by Crippen LogP contribution is 2.23. The summed E-state index contributed by atoms with van der Waals surface area (Å²) < 4.78 is 40.4. The van der Waals surface area contributed by atoms with Crippen LogP contribution in [0.15, 0.2) is 48.5 Å². The molecular weight excluding hydrogens is 341 g/mol. The van der Waals surface area contributed by atoms with Crippen LogP contribution < -0.4 is 10.6 Å². The maximum atomic E-state index is 13.8. The second-order valence-corrected chi connectivity index (χ2v) is 5.74. The van der Waals surface area contributed by atoms with Gasteiger partial charge in [0.15, 0.2) is 0 Å². The third-order valence-corrected chi connectivity index (χ3v) is 3.68. The van der Waals surface area contributed by atoms with Gasteiger partial charge in [0.25, 0.3) is 0 Å². The molecule has 7 heteroatoms. The van der Waals surface area contributed by atoms with Gasteiger partial charge in [-0.3, -0.25) is 0 Å². The van der Waals surface area contributed by atoms with Crippen molar-refractivity contribution in [3.63, 3.8) is 0 Å². The van der Waals surface area contributed by atoms with Gasteiger partial charge in [-0.1, -0.05) is 18.2 Å². The highest BCUT2D eigenvalue weighted by molar-refractivity contribution is 5.59. The Hall–Kier alpha value is -3.09. The lowest BCUT2D eigenvalue weighted by atomic mass is 10.1. The molecule has 3 rings (SSSR count). The number of benzene rings is 2. The summed E-state index contributed by atoms with van der Waals surface area (Å²) in [5, 5.41) is 5.71. The predicted octanol–water partition coefficient (Wildman–Crippen LogP) is 4.60. The Morgan fingerprint density at radius 3 is 2.31 bits per heavy atom. The number of aromatic nitrogens is 2. The first-order chi connectivity index (χ1) is 12.5. The summed E-state index contributed by atoms with van der Waals surface area (Å²) in [7, 11) is 0. The zero-order valence-electron chi connectivity index (χ0n) is 14.1. The van der Waals surface area contributed by atoms with Crippen LogP contribution in [0.4, 0.5) is 30.6 Å². The van der Waals surface area contributed by atoms with E-state index in [2.05, 4.69) is 20.6 Å². The Labute approximate surface area is 149 Å². The lowest BCUT2D eigenvalue weighted by Crippen LogP contribution is -2.10. The van der Waals surface area contributed by atoms with E-state index in [0.717, 1.165) is 5.56 Å². The fourth-order valence-corrected chi connectivity index (χ4v) is 2.43. The molecule has 0 atom stereocenters. The van der Waals surface area contributed by atoms with Crippen molar-refractivity contribution >= 4 is 17.5 Å². The number of para-hydroxylation sites is 1. The average molecular weight is 358 g/mol. The van der Waals surface area contributed by atoms with Crippen molar-refractivity contribution < 1.29 is 13.2 Å². The van der Waals surface area contributed by atoms with Crippen LogP contribution in [0, 0.1) is 24.4 Å². The highest BCUT2D eigenvalue weighted by atomic mass is 19.1. The van der Waals surface area contributed by atoms with E-state index in [1.165, 1.54) is 30.3 Å². The number of anilines is 3. The van der Waals surface area contributed by atoms with E-state index in [0.29, 0.717) is 24.6 Å². The third-order valence-electron chi connectivity index (χ3n) is 3.68. The van der Waals surface area contributed by atoms with Crippen LogP contribution in [0.2, 0.25) is 0 Å². The molecule has 134 valence electrons. The summed E-state index contributed by atoms with van der Waals surface area (Å²) in [5.74, 6) is -1.06. The van der Waals surface area contributed by atoms with Crippen LogP contribution in [0.3, 0.4) is 0 Å². The second-order valence-electron chi connectivity index (χ2n) is 5.74. The summed E-state index contributed by atoms with van der Waals surface area (Å²) in [6, 6.07) is 11.5. The number of rotatable bonds is 6. The van der Waals surface area contributed by atoms with Crippen LogP contribution in [0.5, 0.6) is 0 Å². The monoisotopic (exact) mass is 358 g/mol. The fraction of sp³-hybridized carbons (Fsp3) is 0.158. The van der Waals surface area contributed by atoms with Gasteiger partial charge in [0, 0.05) is 18.3 Å². The van der Waals surface area contributed by atoms with Crippen molar-refractivity contribution in [2.24, 2.45) is 0 Å². The minimum atomic E-state index is -0.702. The maximum absolute atomic E-state index is 13.8. The quantitative estimate of drug-likeness (QED) is 0.676. The predicted molar refractivity (Wildman–Crippen MR) is 95.0 cm³/mol. The number of hydrogen-bond acceptors (Lipinski definition) is 4. The van der Waals surface area contributed by atoms with Crippen LogP contribution >= 0.6 is 0 Å². The minimum absolute atomic E-state index is 0.261. The summed E-state index contributed by atoms with van der Waals surface area (Å²) in [5.41, 5.74) is 1.35. The molecule has 0 spiro atoms. The van der Waals surface area contributed by atoms with Crippen molar-refractivity contribution in [1.82, 2.24) is 9.97 Å². The molecule has 3 aromatic rings. The molecular formula is C19H17F3N4. The average Bonchev–Trinajstić information content (AvgIpc) is 2.60. The molecule has 0 saturated carbocycles. The molecule has 0 unspecified atom stereocenters. The number of aryl methyl sites for hydroxylation is 1. The number of hydrogen-bond donors (Lipinski definition) is 2. The second kappa shape index (κ2) is 7.86. The molecule has 0 aliphatic rings. The zero-order valence-corrected chi connectivity index (χ0v) is 14.1. The normalized spacial score (nSPS) is 10.6. The van der Waals surface area contributed by atoms with Crippen molar-refractivity contribution in [3.05, 3.63) is 77.2 Å². The first kappa shape index (κ1) is 17.7. The number of nitrogens with zero attached hydrogens (tertiary/aromatic N) is 2. The Balaban J connectivity index is 1.68. The van der Waals surface area contributed by atoms with E-state index >= 15 is 0 Å². The summed E-state index contributed by atoms with van der Waals surface area (Å²) in [4.78, 5) is 8.49. The van der Waals surface area contributed by atoms with Gasteiger partial charge in [0.1, 0.15) is 29.0 Å². The Morgan fingerprint density at radius 2 is 1.62 bits per heavy atom. The smallest absolute Gasteiger partial charge is 0.224 e. The topological polar surface area (TPSA) is 49.8 Å². The van der Waals surface area contributed by atoms with E-state index in [-0.39, 0.29) is 17.3 Å². The molecule has 2 aromatic carbocycles. The van der Waals surface area contributed by atoms with Gasteiger partial charge in [-0.2, -0.15) is 4.98 Å². The molecule has 0 radical (unpaired) electrons. The van der Waals surface area contributed by atoms with Crippen LogP contribution in [0.1, 0.15) is 11.3 Å². The molecule has 2 N–H and O–H groups in total. The van der Waals surface area contributed by atoms with E-state index in [4.69, 9.17) is 0 Å². The van der Waals surface area contributed by atoms with Gasteiger partial charge < -0.3 is 10.6 Å². The standard InChI is InChI=1S/C19H17F3N4/c1-12-11-17(25-18-15(21)3-2-4-16(18)22)26-19(24-12)23-10-9-13-5-7-14(20)8-6-13/h2-8,11H,9-10H2,1H3,(H2,23,24,25,26). The highest BCUT2D eigenvalue weighted by Gasteiger charge is 2.10. The Kier molecular flexibility index (Phi) is 5.36. The van der Waals surface area contributed by atoms with E-state index < -0.39 is 11.6 Å². The zero-order chi connectivity index (χ0) is 18.5. The summed E-state index contributed by atoms with van der Waals surface area (Å²) in [6.07, 6.45) is 0.655. The van der Waals surface area contributed by atoms with Crippen LogP contribution in [-0.2, 0) is 6.42 Å².